The standard InChI is InChI=1S/C35H27N5O7S/c1-46-31-16-20(11-13-27(31)37-39-29-15-22(19-41)23-7-3-5-9-25(23)34(29)36)21-12-14-28(32(17-21)47-2)38-40-30-18-33(48(43,44)45)24-8-4-6-10-26(24)35(30)42/h3-19,42H,36H2,1-2H3,(H,43,44,45). The van der Waals surface area contributed by atoms with Gasteiger partial charge < -0.3 is 20.3 Å². The van der Waals surface area contributed by atoms with E-state index in [4.69, 9.17) is 15.2 Å². The summed E-state index contributed by atoms with van der Waals surface area (Å²) in [5, 5.41) is 29.5. The van der Waals surface area contributed by atoms with Crippen LogP contribution in [-0.2, 0) is 10.1 Å². The quantitative estimate of drug-likeness (QED) is 0.0593. The number of aldehydes is 1. The number of carbonyl (C=O) groups is 1. The molecule has 4 N–H and O–H groups in total. The van der Waals surface area contributed by atoms with Gasteiger partial charge in [-0.1, -0.05) is 60.7 Å². The Morgan fingerprint density at radius 1 is 0.646 bits per heavy atom. The summed E-state index contributed by atoms with van der Waals surface area (Å²) < 4.78 is 45.0. The zero-order valence-corrected chi connectivity index (χ0v) is 26.3. The average Bonchev–Trinajstić information content (AvgIpc) is 3.10. The highest BCUT2D eigenvalue weighted by Gasteiger charge is 2.20. The molecule has 0 amide bonds. The van der Waals surface area contributed by atoms with E-state index in [-0.39, 0.29) is 22.2 Å². The van der Waals surface area contributed by atoms with Crippen molar-refractivity contribution in [2.24, 2.45) is 20.5 Å². The Kier molecular flexibility index (Phi) is 8.55. The zero-order valence-electron chi connectivity index (χ0n) is 25.5. The number of azo groups is 2. The van der Waals surface area contributed by atoms with Gasteiger partial charge in [0, 0.05) is 21.7 Å². The van der Waals surface area contributed by atoms with Gasteiger partial charge in [-0.3, -0.25) is 9.35 Å². The van der Waals surface area contributed by atoms with E-state index in [1.54, 1.807) is 48.5 Å². The summed E-state index contributed by atoms with van der Waals surface area (Å²) in [6.07, 6.45) is 0.754. The molecule has 13 heteroatoms. The maximum absolute atomic E-state index is 12.1. The van der Waals surface area contributed by atoms with Crippen LogP contribution >= 0.6 is 0 Å². The third kappa shape index (κ3) is 6.02. The molecule has 240 valence electrons. The number of carbonyl (C=O) groups excluding carboxylic acids is 1. The maximum atomic E-state index is 12.1. The van der Waals surface area contributed by atoms with Gasteiger partial charge in [0.05, 0.1) is 19.9 Å². The van der Waals surface area contributed by atoms with Crippen LogP contribution in [0.25, 0.3) is 32.7 Å². The highest BCUT2D eigenvalue weighted by molar-refractivity contribution is 7.86. The summed E-state index contributed by atoms with van der Waals surface area (Å²) in [6, 6.07) is 26.6. The molecule has 0 saturated carbocycles. The number of nitrogen functional groups attached to an aromatic ring is 1. The van der Waals surface area contributed by atoms with Gasteiger partial charge in [0.15, 0.2) is 12.0 Å². The number of nitrogens with two attached hydrogens (primary N) is 1. The van der Waals surface area contributed by atoms with Crippen molar-refractivity contribution in [3.05, 3.63) is 103 Å². The minimum Gasteiger partial charge on any atom is -0.505 e. The summed E-state index contributed by atoms with van der Waals surface area (Å²) in [4.78, 5) is 11.3. The second-order valence-corrected chi connectivity index (χ2v) is 11.9. The molecule has 48 heavy (non-hydrogen) atoms. The largest absolute Gasteiger partial charge is 0.505 e. The van der Waals surface area contributed by atoms with Crippen LogP contribution in [0.1, 0.15) is 10.4 Å². The summed E-state index contributed by atoms with van der Waals surface area (Å²) in [5.74, 6) is 0.469. The van der Waals surface area contributed by atoms with E-state index >= 15 is 0 Å². The number of rotatable bonds is 9. The van der Waals surface area contributed by atoms with Crippen molar-refractivity contribution in [3.8, 4) is 28.4 Å². The lowest BCUT2D eigenvalue weighted by molar-refractivity contribution is 0.112. The fraction of sp³-hybridized carbons (Fsp3) is 0.0571. The highest BCUT2D eigenvalue weighted by atomic mass is 32.2. The molecule has 0 unspecified atom stereocenters. The van der Waals surface area contributed by atoms with Gasteiger partial charge in [-0.25, -0.2) is 0 Å². The van der Waals surface area contributed by atoms with Crippen molar-refractivity contribution >= 4 is 66.4 Å². The van der Waals surface area contributed by atoms with Gasteiger partial charge in [0.2, 0.25) is 0 Å². The first-order valence-electron chi connectivity index (χ1n) is 14.3. The number of benzene rings is 6. The van der Waals surface area contributed by atoms with Crippen molar-refractivity contribution < 1.29 is 32.3 Å². The highest BCUT2D eigenvalue weighted by Crippen LogP contribution is 2.42. The third-order valence-corrected chi connectivity index (χ3v) is 8.58. The number of phenols is 1. The number of anilines is 1. The SMILES string of the molecule is COc1cc(-c2ccc(N=Nc3cc(S(=O)(=O)O)c4ccccc4c3O)c(OC)c2)ccc1N=Nc1cc(C=O)c2ccccc2c1N. The molecule has 0 saturated heterocycles. The molecule has 0 atom stereocenters. The Bertz CT molecular complexity index is 2410. The van der Waals surface area contributed by atoms with Gasteiger partial charge in [-0.05, 0) is 52.9 Å². The number of phenolic OH excluding ortho intramolecular Hbond substituents is 1. The van der Waals surface area contributed by atoms with E-state index in [0.29, 0.717) is 45.2 Å². The lowest BCUT2D eigenvalue weighted by Gasteiger charge is -2.11. The molecule has 6 aromatic rings. The van der Waals surface area contributed by atoms with Gasteiger partial charge in [0.25, 0.3) is 10.1 Å². The van der Waals surface area contributed by atoms with E-state index in [1.807, 2.05) is 30.3 Å². The number of fused-ring (bicyclic) bond motifs is 2. The van der Waals surface area contributed by atoms with E-state index in [2.05, 4.69) is 20.5 Å². The van der Waals surface area contributed by atoms with Crippen molar-refractivity contribution in [2.75, 3.05) is 20.0 Å². The molecule has 0 spiro atoms. The fourth-order valence-electron chi connectivity index (χ4n) is 5.29. The number of ether oxygens (including phenoxy) is 2. The topological polar surface area (TPSA) is 186 Å². The normalized spacial score (nSPS) is 11.9. The van der Waals surface area contributed by atoms with Gasteiger partial charge in [-0.2, -0.15) is 8.42 Å². The fourth-order valence-corrected chi connectivity index (χ4v) is 6.00. The monoisotopic (exact) mass is 661 g/mol. The molecule has 0 aliphatic carbocycles. The van der Waals surface area contributed by atoms with Crippen LogP contribution in [0.4, 0.5) is 28.4 Å². The molecule has 0 radical (unpaired) electrons. The molecule has 0 aliphatic rings. The second kappa shape index (κ2) is 12.9. The Labute approximate surface area is 274 Å². The predicted octanol–water partition coefficient (Wildman–Crippen LogP) is 8.86. The average molecular weight is 662 g/mol. The van der Waals surface area contributed by atoms with Crippen molar-refractivity contribution in [3.63, 3.8) is 0 Å². The number of nitrogens with zero attached hydrogens (tertiary/aromatic N) is 4. The lowest BCUT2D eigenvalue weighted by Crippen LogP contribution is -1.99. The minimum absolute atomic E-state index is 0.145. The summed E-state index contributed by atoms with van der Waals surface area (Å²) in [6.45, 7) is 0. The Morgan fingerprint density at radius 2 is 1.15 bits per heavy atom. The second-order valence-electron chi connectivity index (χ2n) is 10.5. The molecule has 6 rings (SSSR count). The molecule has 12 nitrogen and oxygen atoms in total. The van der Waals surface area contributed by atoms with Gasteiger partial charge in [0.1, 0.15) is 39.1 Å². The Balaban J connectivity index is 1.31. The van der Waals surface area contributed by atoms with Crippen LogP contribution in [0.2, 0.25) is 0 Å². The van der Waals surface area contributed by atoms with Crippen LogP contribution in [-0.4, -0.2) is 38.6 Å². The van der Waals surface area contributed by atoms with Crippen molar-refractivity contribution in [1.29, 1.82) is 0 Å². The first kappa shape index (κ1) is 31.8. The Hall–Kier alpha value is -6.18. The van der Waals surface area contributed by atoms with Crippen molar-refractivity contribution in [1.82, 2.24) is 0 Å². The van der Waals surface area contributed by atoms with Crippen LogP contribution < -0.4 is 15.2 Å². The molecule has 0 aliphatic heterocycles. The van der Waals surface area contributed by atoms with Crippen LogP contribution in [0.15, 0.2) is 122 Å². The van der Waals surface area contributed by atoms with Gasteiger partial charge >= 0.3 is 0 Å². The lowest BCUT2D eigenvalue weighted by atomic mass is 10.0. The molecule has 6 aromatic carbocycles. The summed E-state index contributed by atoms with van der Waals surface area (Å²) in [5.41, 5.74) is 9.61. The van der Waals surface area contributed by atoms with Crippen molar-refractivity contribution in [2.45, 2.75) is 4.90 Å². The molecule has 0 fully saturated rings. The van der Waals surface area contributed by atoms with E-state index < -0.39 is 15.0 Å². The number of hydrogen-bond acceptors (Lipinski definition) is 11. The first-order valence-corrected chi connectivity index (χ1v) is 15.8. The number of hydrogen-bond donors (Lipinski definition) is 3. The molecule has 0 bridgehead atoms. The third-order valence-electron chi connectivity index (χ3n) is 7.68. The minimum atomic E-state index is -4.62. The Morgan fingerprint density at radius 3 is 1.69 bits per heavy atom. The molecular weight excluding hydrogens is 634 g/mol. The zero-order chi connectivity index (χ0) is 34.0. The van der Waals surface area contributed by atoms with Gasteiger partial charge in [-0.15, -0.1) is 20.5 Å². The van der Waals surface area contributed by atoms with E-state index in [0.717, 1.165) is 28.9 Å². The van der Waals surface area contributed by atoms with E-state index in [9.17, 15) is 22.9 Å². The summed E-state index contributed by atoms with van der Waals surface area (Å²) >= 11 is 0. The van der Waals surface area contributed by atoms with Crippen LogP contribution in [0.3, 0.4) is 0 Å². The number of aromatic hydroxyl groups is 1. The van der Waals surface area contributed by atoms with Crippen LogP contribution in [0.5, 0.6) is 17.2 Å². The van der Waals surface area contributed by atoms with Crippen LogP contribution in [0, 0.1) is 0 Å². The predicted molar refractivity (Wildman–Crippen MR) is 183 cm³/mol. The number of methoxy groups -OCH3 is 2. The molecule has 0 aromatic heterocycles. The first-order chi connectivity index (χ1) is 23.1. The summed E-state index contributed by atoms with van der Waals surface area (Å²) in [7, 11) is -1.65. The maximum Gasteiger partial charge on any atom is 0.295 e. The molecule has 0 heterocycles. The van der Waals surface area contributed by atoms with E-state index in [1.165, 1.54) is 26.4 Å². The molecular formula is C35H27N5O7S. The smallest absolute Gasteiger partial charge is 0.295 e.